The minimum absolute atomic E-state index is 0.0538. The molecule has 0 bridgehead atoms. The van der Waals surface area contributed by atoms with Gasteiger partial charge in [-0.05, 0) is 31.5 Å². The van der Waals surface area contributed by atoms with Crippen molar-refractivity contribution in [2.24, 2.45) is 0 Å². The van der Waals surface area contributed by atoms with E-state index in [4.69, 9.17) is 0 Å². The van der Waals surface area contributed by atoms with Crippen molar-refractivity contribution in [1.82, 2.24) is 10.2 Å². The zero-order chi connectivity index (χ0) is 13.1. The summed E-state index contributed by atoms with van der Waals surface area (Å²) in [5, 5.41) is 3.39. The van der Waals surface area contributed by atoms with Crippen molar-refractivity contribution in [2.45, 2.75) is 24.1 Å². The predicted molar refractivity (Wildman–Crippen MR) is 79.6 cm³/mol. The van der Waals surface area contributed by atoms with Gasteiger partial charge in [0.15, 0.2) is 0 Å². The van der Waals surface area contributed by atoms with Crippen LogP contribution in [0.1, 0.15) is 18.4 Å². The molecule has 2 fully saturated rings. The van der Waals surface area contributed by atoms with Gasteiger partial charge in [0, 0.05) is 36.2 Å². The van der Waals surface area contributed by atoms with Crippen molar-refractivity contribution in [3.8, 4) is 0 Å². The summed E-state index contributed by atoms with van der Waals surface area (Å²) in [6.07, 6.45) is 2.12. The molecular weight excluding hydrogens is 256 g/mol. The number of hydrogen-bond donors (Lipinski definition) is 1. The fraction of sp³-hybridized carbons (Fsp3) is 0.600. The monoisotopic (exact) mass is 278 g/mol. The Kier molecular flexibility index (Phi) is 4.01. The second kappa shape index (κ2) is 5.73. The maximum absolute atomic E-state index is 12.4. The molecule has 2 aliphatic rings. The van der Waals surface area contributed by atoms with E-state index in [1.807, 2.05) is 0 Å². The van der Waals surface area contributed by atoms with Crippen molar-refractivity contribution in [1.29, 1.82) is 0 Å². The van der Waals surface area contributed by atoms with E-state index in [9.17, 15) is 4.21 Å². The lowest BCUT2D eigenvalue weighted by atomic mass is 9.95. The Labute approximate surface area is 117 Å². The molecule has 104 valence electrons. The quantitative estimate of drug-likeness (QED) is 0.887. The first-order valence-corrected chi connectivity index (χ1v) is 8.46. The maximum Gasteiger partial charge on any atom is 0.0610 e. The van der Waals surface area contributed by atoms with E-state index in [0.29, 0.717) is 0 Å². The molecular formula is C15H22N2OS. The van der Waals surface area contributed by atoms with E-state index in [1.165, 1.54) is 5.56 Å². The molecule has 0 saturated carbocycles. The molecule has 2 heterocycles. The van der Waals surface area contributed by atoms with Crippen LogP contribution in [0.2, 0.25) is 0 Å². The highest BCUT2D eigenvalue weighted by molar-refractivity contribution is 7.86. The average molecular weight is 278 g/mol. The minimum atomic E-state index is -0.646. The van der Waals surface area contributed by atoms with Gasteiger partial charge in [-0.3, -0.25) is 9.11 Å². The van der Waals surface area contributed by atoms with Gasteiger partial charge in [0.1, 0.15) is 0 Å². The Morgan fingerprint density at radius 1 is 1.21 bits per heavy atom. The Morgan fingerprint density at radius 3 is 2.68 bits per heavy atom. The molecule has 1 unspecified atom stereocenters. The summed E-state index contributed by atoms with van der Waals surface area (Å²) < 4.78 is 12.5. The fourth-order valence-corrected chi connectivity index (χ4v) is 5.07. The number of benzene rings is 1. The van der Waals surface area contributed by atoms with Gasteiger partial charge in [0.05, 0.1) is 4.75 Å². The third kappa shape index (κ3) is 2.91. The van der Waals surface area contributed by atoms with E-state index in [1.54, 1.807) is 0 Å². The summed E-state index contributed by atoms with van der Waals surface area (Å²) in [4.78, 5) is 2.49. The number of nitrogens with zero attached hydrogens (tertiary/aromatic N) is 1. The summed E-state index contributed by atoms with van der Waals surface area (Å²) >= 11 is 0. The molecule has 2 aliphatic heterocycles. The van der Waals surface area contributed by atoms with E-state index in [-0.39, 0.29) is 4.75 Å². The lowest BCUT2D eigenvalue weighted by molar-refractivity contribution is 0.211. The Hall–Kier alpha value is -0.710. The van der Waals surface area contributed by atoms with Crippen molar-refractivity contribution >= 4 is 10.8 Å². The highest BCUT2D eigenvalue weighted by Gasteiger charge is 2.42. The molecule has 1 atom stereocenters. The zero-order valence-electron chi connectivity index (χ0n) is 11.3. The van der Waals surface area contributed by atoms with Gasteiger partial charge in [-0.2, -0.15) is 0 Å². The van der Waals surface area contributed by atoms with Gasteiger partial charge >= 0.3 is 0 Å². The van der Waals surface area contributed by atoms with Crippen LogP contribution in [0.4, 0.5) is 0 Å². The van der Waals surface area contributed by atoms with Crippen LogP contribution in [0.25, 0.3) is 0 Å². The largest absolute Gasteiger partial charge is 0.317 e. The van der Waals surface area contributed by atoms with Gasteiger partial charge < -0.3 is 5.32 Å². The predicted octanol–water partition coefficient (Wildman–Crippen LogP) is 1.37. The van der Waals surface area contributed by atoms with Crippen molar-refractivity contribution in [2.75, 3.05) is 31.9 Å². The Morgan fingerprint density at radius 2 is 1.95 bits per heavy atom. The van der Waals surface area contributed by atoms with Crippen LogP contribution in [0.15, 0.2) is 30.3 Å². The minimum Gasteiger partial charge on any atom is -0.317 e. The Bertz CT molecular complexity index is 443. The van der Waals surface area contributed by atoms with Crippen LogP contribution < -0.4 is 5.32 Å². The highest BCUT2D eigenvalue weighted by Crippen LogP contribution is 2.31. The van der Waals surface area contributed by atoms with Crippen LogP contribution in [0.5, 0.6) is 0 Å². The van der Waals surface area contributed by atoms with Crippen molar-refractivity contribution < 1.29 is 4.21 Å². The SMILES string of the molecule is O=S1CCN(Cc2ccccc2)CC12CCNCC2. The number of nitrogens with one attached hydrogen (secondary N) is 1. The molecule has 0 aromatic heterocycles. The lowest BCUT2D eigenvalue weighted by Gasteiger charge is -2.44. The molecule has 4 heteroatoms. The first-order valence-electron chi connectivity index (χ1n) is 7.14. The highest BCUT2D eigenvalue weighted by atomic mass is 32.2. The molecule has 0 aliphatic carbocycles. The zero-order valence-corrected chi connectivity index (χ0v) is 12.1. The number of piperidine rings is 1. The van der Waals surface area contributed by atoms with E-state index >= 15 is 0 Å². The molecule has 0 radical (unpaired) electrons. The van der Waals surface area contributed by atoms with Gasteiger partial charge in [-0.25, -0.2) is 0 Å². The molecule has 1 spiro atoms. The van der Waals surface area contributed by atoms with Crippen LogP contribution in [0, 0.1) is 0 Å². The molecule has 0 amide bonds. The van der Waals surface area contributed by atoms with E-state index in [2.05, 4.69) is 40.5 Å². The third-order valence-corrected chi connectivity index (χ3v) is 6.41. The molecule has 1 aromatic carbocycles. The molecule has 1 aromatic rings. The second-order valence-electron chi connectivity index (χ2n) is 5.68. The standard InChI is InChI=1S/C15H22N2OS/c18-19-11-10-17(12-14-4-2-1-3-5-14)13-15(19)6-8-16-9-7-15/h1-5,16H,6-13H2. The number of hydrogen-bond acceptors (Lipinski definition) is 3. The summed E-state index contributed by atoms with van der Waals surface area (Å²) in [5.74, 6) is 0.840. The van der Waals surface area contributed by atoms with Gasteiger partial charge in [0.2, 0.25) is 0 Å². The van der Waals surface area contributed by atoms with Gasteiger partial charge in [0.25, 0.3) is 0 Å². The smallest absolute Gasteiger partial charge is 0.0610 e. The molecule has 3 nitrogen and oxygen atoms in total. The maximum atomic E-state index is 12.4. The van der Waals surface area contributed by atoms with Crippen LogP contribution >= 0.6 is 0 Å². The summed E-state index contributed by atoms with van der Waals surface area (Å²) in [5.41, 5.74) is 1.36. The first-order chi connectivity index (χ1) is 9.28. The molecule has 3 rings (SSSR count). The molecule has 19 heavy (non-hydrogen) atoms. The second-order valence-corrected chi connectivity index (χ2v) is 7.64. The fourth-order valence-electron chi connectivity index (χ4n) is 3.23. The van der Waals surface area contributed by atoms with Crippen LogP contribution in [-0.4, -0.2) is 45.8 Å². The summed E-state index contributed by atoms with van der Waals surface area (Å²) in [7, 11) is -0.646. The molecule has 2 saturated heterocycles. The third-order valence-electron chi connectivity index (χ3n) is 4.35. The topological polar surface area (TPSA) is 32.3 Å². The van der Waals surface area contributed by atoms with Gasteiger partial charge in [-0.1, -0.05) is 30.3 Å². The normalized spacial score (nSPS) is 27.5. The van der Waals surface area contributed by atoms with Crippen LogP contribution in [-0.2, 0) is 17.3 Å². The van der Waals surface area contributed by atoms with Gasteiger partial charge in [-0.15, -0.1) is 0 Å². The molecule has 1 N–H and O–H groups in total. The van der Waals surface area contributed by atoms with Crippen molar-refractivity contribution in [3.05, 3.63) is 35.9 Å². The van der Waals surface area contributed by atoms with E-state index < -0.39 is 10.8 Å². The average Bonchev–Trinajstić information content (AvgIpc) is 2.45. The van der Waals surface area contributed by atoms with Crippen LogP contribution in [0.3, 0.4) is 0 Å². The summed E-state index contributed by atoms with van der Waals surface area (Å²) in [6.45, 7) is 5.00. The summed E-state index contributed by atoms with van der Waals surface area (Å²) in [6, 6.07) is 10.6. The Balaban J connectivity index is 1.69. The first kappa shape index (κ1) is 13.3. The lowest BCUT2D eigenvalue weighted by Crippen LogP contribution is -2.57. The van der Waals surface area contributed by atoms with E-state index in [0.717, 1.165) is 51.3 Å². The number of rotatable bonds is 2. The van der Waals surface area contributed by atoms with Crippen molar-refractivity contribution in [3.63, 3.8) is 0 Å².